The van der Waals surface area contributed by atoms with Crippen molar-refractivity contribution in [2.45, 2.75) is 19.5 Å². The molecule has 0 unspecified atom stereocenters. The van der Waals surface area contributed by atoms with E-state index in [0.717, 1.165) is 44.7 Å². The number of benzene rings is 2. The fraction of sp³-hybridized carbons (Fsp3) is 0.368. The van der Waals surface area contributed by atoms with Crippen molar-refractivity contribution in [1.29, 1.82) is 0 Å². The second-order valence-electron chi connectivity index (χ2n) is 5.98. The normalized spacial score (nSPS) is 17.3. The summed E-state index contributed by atoms with van der Waals surface area (Å²) in [7, 11) is 0. The molecule has 116 valence electrons. The molecule has 1 aliphatic heterocycles. The van der Waals surface area contributed by atoms with Gasteiger partial charge in [0.2, 0.25) is 0 Å². The lowest BCUT2D eigenvalue weighted by Crippen LogP contribution is -2.30. The first-order valence-corrected chi connectivity index (χ1v) is 8.03. The summed E-state index contributed by atoms with van der Waals surface area (Å²) in [5.41, 5.74) is 2.17. The Kier molecular flexibility index (Phi) is 5.20. The van der Waals surface area contributed by atoms with Crippen LogP contribution in [-0.2, 0) is 13.1 Å². The van der Waals surface area contributed by atoms with E-state index in [-0.39, 0.29) is 5.82 Å². The van der Waals surface area contributed by atoms with Crippen LogP contribution in [0.2, 0.25) is 0 Å². The Morgan fingerprint density at radius 1 is 0.727 bits per heavy atom. The standard InChI is InChI=1S/C19H23FN2/c20-19-10-5-4-9-18(19)16-22-12-6-11-21(13-14-22)15-17-7-2-1-3-8-17/h1-5,7-10H,6,11-16H2. The van der Waals surface area contributed by atoms with E-state index in [1.54, 1.807) is 12.1 Å². The van der Waals surface area contributed by atoms with Gasteiger partial charge in [0.25, 0.3) is 0 Å². The molecule has 3 rings (SSSR count). The molecule has 0 spiro atoms. The topological polar surface area (TPSA) is 6.48 Å². The Labute approximate surface area is 132 Å². The van der Waals surface area contributed by atoms with Crippen molar-refractivity contribution in [3.05, 3.63) is 71.5 Å². The summed E-state index contributed by atoms with van der Waals surface area (Å²) < 4.78 is 13.8. The molecule has 0 bridgehead atoms. The van der Waals surface area contributed by atoms with Crippen LogP contribution in [0, 0.1) is 5.82 Å². The van der Waals surface area contributed by atoms with Crippen LogP contribution in [0.15, 0.2) is 54.6 Å². The van der Waals surface area contributed by atoms with Crippen molar-refractivity contribution < 1.29 is 4.39 Å². The van der Waals surface area contributed by atoms with Gasteiger partial charge in [-0.2, -0.15) is 0 Å². The van der Waals surface area contributed by atoms with Gasteiger partial charge in [-0.1, -0.05) is 48.5 Å². The molecule has 0 N–H and O–H groups in total. The van der Waals surface area contributed by atoms with E-state index < -0.39 is 0 Å². The highest BCUT2D eigenvalue weighted by molar-refractivity contribution is 5.17. The highest BCUT2D eigenvalue weighted by Gasteiger charge is 2.16. The van der Waals surface area contributed by atoms with Crippen LogP contribution >= 0.6 is 0 Å². The molecule has 0 saturated carbocycles. The van der Waals surface area contributed by atoms with Crippen molar-refractivity contribution in [2.75, 3.05) is 26.2 Å². The zero-order chi connectivity index (χ0) is 15.2. The Bertz CT molecular complexity index is 585. The predicted octanol–water partition coefficient (Wildman–Crippen LogP) is 3.53. The van der Waals surface area contributed by atoms with Crippen LogP contribution in [0.1, 0.15) is 17.5 Å². The molecule has 2 aromatic carbocycles. The summed E-state index contributed by atoms with van der Waals surface area (Å²) in [4.78, 5) is 4.86. The summed E-state index contributed by atoms with van der Waals surface area (Å²) in [5.74, 6) is -0.0899. The first-order valence-electron chi connectivity index (χ1n) is 8.03. The molecule has 0 radical (unpaired) electrons. The summed E-state index contributed by atoms with van der Waals surface area (Å²) in [6, 6.07) is 17.7. The van der Waals surface area contributed by atoms with Gasteiger partial charge >= 0.3 is 0 Å². The molecule has 1 aliphatic rings. The van der Waals surface area contributed by atoms with Gasteiger partial charge in [-0.05, 0) is 31.1 Å². The summed E-state index contributed by atoms with van der Waals surface area (Å²) >= 11 is 0. The molecular weight excluding hydrogens is 275 g/mol. The van der Waals surface area contributed by atoms with Crippen LogP contribution in [0.3, 0.4) is 0 Å². The molecule has 2 nitrogen and oxygen atoms in total. The second-order valence-corrected chi connectivity index (χ2v) is 5.98. The van der Waals surface area contributed by atoms with Crippen LogP contribution in [0.5, 0.6) is 0 Å². The van der Waals surface area contributed by atoms with E-state index in [2.05, 4.69) is 40.1 Å². The maximum Gasteiger partial charge on any atom is 0.127 e. The highest BCUT2D eigenvalue weighted by Crippen LogP contribution is 2.13. The molecule has 2 aromatic rings. The van der Waals surface area contributed by atoms with E-state index >= 15 is 0 Å². The maximum absolute atomic E-state index is 13.8. The van der Waals surface area contributed by atoms with Crippen molar-refractivity contribution in [1.82, 2.24) is 9.80 Å². The zero-order valence-electron chi connectivity index (χ0n) is 12.9. The number of nitrogens with zero attached hydrogens (tertiary/aromatic N) is 2. The number of hydrogen-bond donors (Lipinski definition) is 0. The van der Waals surface area contributed by atoms with Gasteiger partial charge in [0, 0.05) is 31.7 Å². The second kappa shape index (κ2) is 7.52. The quantitative estimate of drug-likeness (QED) is 0.852. The van der Waals surface area contributed by atoms with Gasteiger partial charge in [0.1, 0.15) is 5.82 Å². The molecular formula is C19H23FN2. The third-order valence-corrected chi connectivity index (χ3v) is 4.28. The minimum absolute atomic E-state index is 0.0899. The summed E-state index contributed by atoms with van der Waals surface area (Å²) in [5, 5.41) is 0. The fourth-order valence-corrected chi connectivity index (χ4v) is 3.05. The van der Waals surface area contributed by atoms with Gasteiger partial charge in [-0.25, -0.2) is 4.39 Å². The third kappa shape index (κ3) is 4.15. The lowest BCUT2D eigenvalue weighted by molar-refractivity contribution is 0.245. The molecule has 22 heavy (non-hydrogen) atoms. The molecule has 3 heteroatoms. The number of hydrogen-bond acceptors (Lipinski definition) is 2. The minimum Gasteiger partial charge on any atom is -0.298 e. The van der Waals surface area contributed by atoms with E-state index in [4.69, 9.17) is 0 Å². The molecule has 0 amide bonds. The van der Waals surface area contributed by atoms with E-state index in [1.165, 1.54) is 5.56 Å². The van der Waals surface area contributed by atoms with Gasteiger partial charge in [0.05, 0.1) is 0 Å². The van der Waals surface area contributed by atoms with Crippen LogP contribution < -0.4 is 0 Å². The van der Waals surface area contributed by atoms with Gasteiger partial charge < -0.3 is 0 Å². The van der Waals surface area contributed by atoms with Crippen LogP contribution in [0.25, 0.3) is 0 Å². The minimum atomic E-state index is -0.0899. The Morgan fingerprint density at radius 2 is 1.36 bits per heavy atom. The van der Waals surface area contributed by atoms with E-state index in [0.29, 0.717) is 6.54 Å². The smallest absolute Gasteiger partial charge is 0.127 e. The molecule has 0 aliphatic carbocycles. The predicted molar refractivity (Wildman–Crippen MR) is 88.0 cm³/mol. The SMILES string of the molecule is Fc1ccccc1CN1CCCN(Cc2ccccc2)CC1. The van der Waals surface area contributed by atoms with Crippen LogP contribution in [0.4, 0.5) is 4.39 Å². The molecule has 1 saturated heterocycles. The Morgan fingerprint density at radius 3 is 2.09 bits per heavy atom. The van der Waals surface area contributed by atoms with Crippen molar-refractivity contribution in [2.24, 2.45) is 0 Å². The highest BCUT2D eigenvalue weighted by atomic mass is 19.1. The first-order chi connectivity index (χ1) is 10.8. The zero-order valence-corrected chi connectivity index (χ0v) is 12.9. The summed E-state index contributed by atoms with van der Waals surface area (Å²) in [6.07, 6.45) is 1.14. The Balaban J connectivity index is 1.55. The average Bonchev–Trinajstić information content (AvgIpc) is 2.76. The fourth-order valence-electron chi connectivity index (χ4n) is 3.05. The van der Waals surface area contributed by atoms with Gasteiger partial charge in [-0.15, -0.1) is 0 Å². The monoisotopic (exact) mass is 298 g/mol. The van der Waals surface area contributed by atoms with Crippen molar-refractivity contribution in [3.8, 4) is 0 Å². The lowest BCUT2D eigenvalue weighted by atomic mass is 10.2. The molecule has 0 aromatic heterocycles. The molecule has 1 fully saturated rings. The van der Waals surface area contributed by atoms with Crippen LogP contribution in [-0.4, -0.2) is 36.0 Å². The molecule has 0 atom stereocenters. The third-order valence-electron chi connectivity index (χ3n) is 4.28. The first kappa shape index (κ1) is 15.2. The van der Waals surface area contributed by atoms with Gasteiger partial charge in [-0.3, -0.25) is 9.80 Å². The number of rotatable bonds is 4. The van der Waals surface area contributed by atoms with Gasteiger partial charge in [0.15, 0.2) is 0 Å². The average molecular weight is 298 g/mol. The molecule has 1 heterocycles. The lowest BCUT2D eigenvalue weighted by Gasteiger charge is -2.22. The Hall–Kier alpha value is -1.71. The van der Waals surface area contributed by atoms with E-state index in [9.17, 15) is 4.39 Å². The number of halogens is 1. The summed E-state index contributed by atoms with van der Waals surface area (Å²) in [6.45, 7) is 5.92. The van der Waals surface area contributed by atoms with Crippen molar-refractivity contribution in [3.63, 3.8) is 0 Å². The van der Waals surface area contributed by atoms with Crippen molar-refractivity contribution >= 4 is 0 Å². The maximum atomic E-state index is 13.8. The van der Waals surface area contributed by atoms with E-state index in [1.807, 2.05) is 12.1 Å². The largest absolute Gasteiger partial charge is 0.298 e.